The summed E-state index contributed by atoms with van der Waals surface area (Å²) in [6.45, 7) is -0.680. The molecule has 0 unspecified atom stereocenters. The number of alkyl halides is 3. The van der Waals surface area contributed by atoms with Crippen LogP contribution in [0.25, 0.3) is 0 Å². The van der Waals surface area contributed by atoms with Gasteiger partial charge < -0.3 is 10.6 Å². The second-order valence-electron chi connectivity index (χ2n) is 7.68. The van der Waals surface area contributed by atoms with Gasteiger partial charge in [-0.05, 0) is 48.9 Å². The number of carbonyl (C=O) groups is 3. The molecule has 0 bridgehead atoms. The predicted octanol–water partition coefficient (Wildman–Crippen LogP) is 3.82. The van der Waals surface area contributed by atoms with E-state index < -0.39 is 47.4 Å². The number of aryl methyl sites for hydroxylation is 1. The van der Waals surface area contributed by atoms with Crippen LogP contribution >= 0.6 is 0 Å². The highest BCUT2D eigenvalue weighted by Gasteiger charge is 2.53. The van der Waals surface area contributed by atoms with E-state index in [9.17, 15) is 27.6 Å². The fourth-order valence-electron chi connectivity index (χ4n) is 4.29. The van der Waals surface area contributed by atoms with Gasteiger partial charge in [0.25, 0.3) is 5.91 Å². The Kier molecular flexibility index (Phi) is 5.20. The molecule has 0 aromatic heterocycles. The van der Waals surface area contributed by atoms with Crippen molar-refractivity contribution in [3.63, 3.8) is 0 Å². The molecule has 1 spiro atoms. The highest BCUT2D eigenvalue weighted by Crippen LogP contribution is 2.39. The number of urea groups is 1. The minimum absolute atomic E-state index is 0.392. The molecule has 6 nitrogen and oxygen atoms in total. The molecule has 0 saturated carbocycles. The molecule has 2 aliphatic rings. The van der Waals surface area contributed by atoms with E-state index >= 15 is 0 Å². The second kappa shape index (κ2) is 7.72. The van der Waals surface area contributed by atoms with E-state index in [4.69, 9.17) is 0 Å². The van der Waals surface area contributed by atoms with Crippen molar-refractivity contribution in [2.45, 2.75) is 37.4 Å². The monoisotopic (exact) mass is 431 g/mol. The van der Waals surface area contributed by atoms with Crippen LogP contribution in [-0.2, 0) is 27.7 Å². The zero-order valence-corrected chi connectivity index (χ0v) is 16.5. The molecular formula is C22H20F3N3O3. The van der Waals surface area contributed by atoms with E-state index in [2.05, 4.69) is 10.6 Å². The lowest BCUT2D eigenvalue weighted by atomic mass is 9.84. The molecule has 1 fully saturated rings. The van der Waals surface area contributed by atoms with Gasteiger partial charge in [0, 0.05) is 0 Å². The smallest absolute Gasteiger partial charge is 0.324 e. The first-order valence-electron chi connectivity index (χ1n) is 9.91. The first-order chi connectivity index (χ1) is 14.7. The number of anilines is 1. The Labute approximate surface area is 176 Å². The van der Waals surface area contributed by atoms with Gasteiger partial charge in [0.2, 0.25) is 5.91 Å². The molecule has 4 rings (SSSR count). The molecule has 1 heterocycles. The van der Waals surface area contributed by atoms with E-state index in [1.807, 2.05) is 12.1 Å². The molecule has 0 radical (unpaired) electrons. The molecule has 4 amide bonds. The van der Waals surface area contributed by atoms with Crippen LogP contribution in [0.5, 0.6) is 0 Å². The number of carbonyl (C=O) groups excluding carboxylic acids is 3. The van der Waals surface area contributed by atoms with Crippen molar-refractivity contribution in [2.24, 2.45) is 0 Å². The number of nitrogens with zero attached hydrogens (tertiary/aromatic N) is 1. The van der Waals surface area contributed by atoms with Crippen molar-refractivity contribution in [1.29, 1.82) is 0 Å². The molecule has 1 aliphatic heterocycles. The zero-order chi connectivity index (χ0) is 22.2. The maximum atomic E-state index is 13.3. The summed E-state index contributed by atoms with van der Waals surface area (Å²) in [6.07, 6.45) is -1.92. The van der Waals surface area contributed by atoms with Gasteiger partial charge in [-0.25, -0.2) is 4.79 Å². The molecule has 2 aromatic rings. The maximum Gasteiger partial charge on any atom is 0.418 e. The van der Waals surface area contributed by atoms with E-state index in [1.54, 1.807) is 12.1 Å². The zero-order valence-electron chi connectivity index (χ0n) is 16.5. The number of fused-ring (bicyclic) bond motifs is 2. The summed E-state index contributed by atoms with van der Waals surface area (Å²) >= 11 is 0. The van der Waals surface area contributed by atoms with Crippen LogP contribution in [0.3, 0.4) is 0 Å². The summed E-state index contributed by atoms with van der Waals surface area (Å²) in [5.41, 5.74) is -1.03. The number of para-hydroxylation sites is 1. The molecule has 31 heavy (non-hydrogen) atoms. The van der Waals surface area contributed by atoms with Crippen molar-refractivity contribution in [3.8, 4) is 0 Å². The normalized spacial score (nSPS) is 20.9. The fraction of sp³-hybridized carbons (Fsp3) is 0.318. The Morgan fingerprint density at radius 1 is 1.06 bits per heavy atom. The number of imide groups is 1. The molecule has 2 N–H and O–H groups in total. The Morgan fingerprint density at radius 2 is 1.77 bits per heavy atom. The SMILES string of the molecule is O=C(CN1C(=O)N[C@@]2(CCCCc3ccccc32)C1=O)Nc1ccccc1C(F)(F)F. The lowest BCUT2D eigenvalue weighted by molar-refractivity contribution is -0.137. The van der Waals surface area contributed by atoms with Crippen molar-refractivity contribution < 1.29 is 27.6 Å². The minimum Gasteiger partial charge on any atom is -0.324 e. The Hall–Kier alpha value is -3.36. The van der Waals surface area contributed by atoms with Gasteiger partial charge in [-0.1, -0.05) is 36.4 Å². The summed E-state index contributed by atoms with van der Waals surface area (Å²) in [5, 5.41) is 4.92. The molecule has 1 atom stereocenters. The Balaban J connectivity index is 1.57. The van der Waals surface area contributed by atoms with Gasteiger partial charge in [0.15, 0.2) is 0 Å². The first kappa shape index (κ1) is 20.9. The van der Waals surface area contributed by atoms with Gasteiger partial charge in [0.05, 0.1) is 11.3 Å². The van der Waals surface area contributed by atoms with Crippen LogP contribution < -0.4 is 10.6 Å². The summed E-state index contributed by atoms with van der Waals surface area (Å²) in [6, 6.07) is 11.2. The van der Waals surface area contributed by atoms with Gasteiger partial charge >= 0.3 is 12.2 Å². The molecule has 1 saturated heterocycles. The van der Waals surface area contributed by atoms with Crippen LogP contribution in [0.15, 0.2) is 48.5 Å². The third kappa shape index (κ3) is 3.75. The third-order valence-corrected chi connectivity index (χ3v) is 5.71. The number of nitrogens with one attached hydrogen (secondary N) is 2. The number of hydrogen-bond acceptors (Lipinski definition) is 3. The number of amides is 4. The van der Waals surface area contributed by atoms with E-state index in [-0.39, 0.29) is 0 Å². The third-order valence-electron chi connectivity index (χ3n) is 5.71. The summed E-state index contributed by atoms with van der Waals surface area (Å²) in [4.78, 5) is 39.2. The highest BCUT2D eigenvalue weighted by molar-refractivity contribution is 6.10. The van der Waals surface area contributed by atoms with Crippen LogP contribution in [-0.4, -0.2) is 29.3 Å². The fourth-order valence-corrected chi connectivity index (χ4v) is 4.29. The van der Waals surface area contributed by atoms with Gasteiger partial charge in [-0.15, -0.1) is 0 Å². The van der Waals surface area contributed by atoms with Crippen molar-refractivity contribution >= 4 is 23.5 Å². The van der Waals surface area contributed by atoms with Crippen molar-refractivity contribution in [3.05, 3.63) is 65.2 Å². The lowest BCUT2D eigenvalue weighted by Gasteiger charge is -2.27. The van der Waals surface area contributed by atoms with Crippen LogP contribution in [0, 0.1) is 0 Å². The molecular weight excluding hydrogens is 411 g/mol. The van der Waals surface area contributed by atoms with Gasteiger partial charge in [0.1, 0.15) is 12.1 Å². The quantitative estimate of drug-likeness (QED) is 0.726. The molecule has 162 valence electrons. The van der Waals surface area contributed by atoms with E-state index in [0.29, 0.717) is 18.4 Å². The Bertz CT molecular complexity index is 1050. The summed E-state index contributed by atoms with van der Waals surface area (Å²) in [7, 11) is 0. The van der Waals surface area contributed by atoms with Gasteiger partial charge in [-0.2, -0.15) is 13.2 Å². The number of benzene rings is 2. The topological polar surface area (TPSA) is 78.5 Å². The molecule has 1 aliphatic carbocycles. The summed E-state index contributed by atoms with van der Waals surface area (Å²) < 4.78 is 39.5. The van der Waals surface area contributed by atoms with Crippen LogP contribution in [0.4, 0.5) is 23.7 Å². The second-order valence-corrected chi connectivity index (χ2v) is 7.68. The minimum atomic E-state index is -4.65. The van der Waals surface area contributed by atoms with Crippen molar-refractivity contribution in [1.82, 2.24) is 10.2 Å². The standard InChI is InChI=1S/C22H20F3N3O3/c23-22(24,25)16-10-3-4-11-17(16)26-18(29)13-28-19(30)21(27-20(28)31)12-6-5-8-14-7-1-2-9-15(14)21/h1-4,7,9-11H,5-6,8,12-13H2,(H,26,29)(H,27,31)/t21-/m1/s1. The van der Waals surface area contributed by atoms with Gasteiger partial charge in [-0.3, -0.25) is 14.5 Å². The number of hydrogen-bond donors (Lipinski definition) is 2. The largest absolute Gasteiger partial charge is 0.418 e. The Morgan fingerprint density at radius 3 is 2.55 bits per heavy atom. The summed E-state index contributed by atoms with van der Waals surface area (Å²) in [5.74, 6) is -1.45. The average molecular weight is 431 g/mol. The van der Waals surface area contributed by atoms with E-state index in [1.165, 1.54) is 12.1 Å². The maximum absolute atomic E-state index is 13.3. The number of halogens is 3. The van der Waals surface area contributed by atoms with Crippen molar-refractivity contribution in [2.75, 3.05) is 11.9 Å². The highest BCUT2D eigenvalue weighted by atomic mass is 19.4. The average Bonchev–Trinajstić information content (AvgIpc) is 2.86. The molecule has 9 heteroatoms. The number of rotatable bonds is 3. The van der Waals surface area contributed by atoms with Crippen LogP contribution in [0.2, 0.25) is 0 Å². The molecule has 2 aromatic carbocycles. The first-order valence-corrected chi connectivity index (χ1v) is 9.91. The van der Waals surface area contributed by atoms with Crippen LogP contribution in [0.1, 0.15) is 36.0 Å². The van der Waals surface area contributed by atoms with E-state index in [0.717, 1.165) is 35.4 Å². The predicted molar refractivity (Wildman–Crippen MR) is 106 cm³/mol. The lowest BCUT2D eigenvalue weighted by Crippen LogP contribution is -2.44.